The molecule has 116 valence electrons. The van der Waals surface area contributed by atoms with Crippen molar-refractivity contribution in [2.45, 2.75) is 45.8 Å². The van der Waals surface area contributed by atoms with E-state index in [9.17, 15) is 4.79 Å². The van der Waals surface area contributed by atoms with Crippen LogP contribution in [0.4, 0.5) is 5.69 Å². The largest absolute Gasteiger partial charge is 0.495 e. The SMILES string of the molecule is CC(=O)Nc1ccc(B2OC(C)(C)C(C)(C)O2)c2cn[nH]c12. The van der Waals surface area contributed by atoms with Gasteiger partial charge >= 0.3 is 7.12 Å². The van der Waals surface area contributed by atoms with Gasteiger partial charge in [0.2, 0.25) is 5.91 Å². The van der Waals surface area contributed by atoms with E-state index in [2.05, 4.69) is 15.5 Å². The van der Waals surface area contributed by atoms with Crippen molar-refractivity contribution < 1.29 is 14.1 Å². The van der Waals surface area contributed by atoms with Crippen LogP contribution >= 0.6 is 0 Å². The van der Waals surface area contributed by atoms with Crippen LogP contribution in [0.25, 0.3) is 10.9 Å². The quantitative estimate of drug-likeness (QED) is 0.830. The predicted molar refractivity (Wildman–Crippen MR) is 86.1 cm³/mol. The van der Waals surface area contributed by atoms with Gasteiger partial charge in [-0.25, -0.2) is 0 Å². The summed E-state index contributed by atoms with van der Waals surface area (Å²) >= 11 is 0. The average Bonchev–Trinajstić information content (AvgIpc) is 2.93. The van der Waals surface area contributed by atoms with Crippen LogP contribution in [0, 0.1) is 0 Å². The molecule has 0 unspecified atom stereocenters. The van der Waals surface area contributed by atoms with Gasteiger partial charge in [0.15, 0.2) is 0 Å². The van der Waals surface area contributed by atoms with Gasteiger partial charge in [-0.05, 0) is 39.2 Å². The van der Waals surface area contributed by atoms with Gasteiger partial charge in [0.1, 0.15) is 0 Å². The van der Waals surface area contributed by atoms with Crippen LogP contribution in [-0.2, 0) is 14.1 Å². The predicted octanol–water partition coefficient (Wildman–Crippen LogP) is 1.82. The number of nitrogens with zero attached hydrogens (tertiary/aromatic N) is 1. The first-order chi connectivity index (χ1) is 10.2. The summed E-state index contributed by atoms with van der Waals surface area (Å²) in [6.07, 6.45) is 1.72. The Balaban J connectivity index is 2.03. The molecule has 22 heavy (non-hydrogen) atoms. The number of H-pyrrole nitrogens is 1. The summed E-state index contributed by atoms with van der Waals surface area (Å²) in [6.45, 7) is 9.55. The molecule has 1 fully saturated rings. The Morgan fingerprint density at radius 2 is 1.86 bits per heavy atom. The molecule has 1 amide bonds. The van der Waals surface area contributed by atoms with Crippen molar-refractivity contribution in [2.24, 2.45) is 0 Å². The van der Waals surface area contributed by atoms with Crippen molar-refractivity contribution in [3.63, 3.8) is 0 Å². The van der Waals surface area contributed by atoms with E-state index >= 15 is 0 Å². The third kappa shape index (κ3) is 2.30. The lowest BCUT2D eigenvalue weighted by Gasteiger charge is -2.32. The highest BCUT2D eigenvalue weighted by Crippen LogP contribution is 2.37. The standard InChI is InChI=1S/C15H20BN3O3/c1-9(20)18-12-7-6-11(10-8-17-19-13(10)12)16-21-14(2,3)15(4,5)22-16/h6-8H,1-5H3,(H,17,19)(H,18,20). The molecule has 7 heteroatoms. The average molecular weight is 301 g/mol. The van der Waals surface area contributed by atoms with Crippen LogP contribution in [0.15, 0.2) is 18.3 Å². The summed E-state index contributed by atoms with van der Waals surface area (Å²) in [4.78, 5) is 11.3. The number of fused-ring (bicyclic) bond motifs is 1. The topological polar surface area (TPSA) is 76.2 Å². The van der Waals surface area contributed by atoms with Gasteiger partial charge < -0.3 is 14.6 Å². The molecular weight excluding hydrogens is 281 g/mol. The summed E-state index contributed by atoms with van der Waals surface area (Å²) in [7, 11) is -0.462. The molecule has 1 aromatic heterocycles. The van der Waals surface area contributed by atoms with E-state index in [1.165, 1.54) is 6.92 Å². The summed E-state index contributed by atoms with van der Waals surface area (Å²) in [6, 6.07) is 3.74. The van der Waals surface area contributed by atoms with E-state index in [1.807, 2.05) is 39.8 Å². The summed E-state index contributed by atoms with van der Waals surface area (Å²) in [5.74, 6) is -0.126. The maximum Gasteiger partial charge on any atom is 0.495 e. The van der Waals surface area contributed by atoms with Crippen molar-refractivity contribution in [1.82, 2.24) is 10.2 Å². The Morgan fingerprint density at radius 3 is 2.45 bits per heavy atom. The van der Waals surface area contributed by atoms with Gasteiger partial charge in [0.05, 0.1) is 28.6 Å². The Kier molecular flexibility index (Phi) is 3.30. The van der Waals surface area contributed by atoms with Gasteiger partial charge in [-0.2, -0.15) is 5.10 Å². The van der Waals surface area contributed by atoms with Crippen LogP contribution in [0.3, 0.4) is 0 Å². The zero-order chi connectivity index (χ0) is 16.1. The van der Waals surface area contributed by atoms with Crippen LogP contribution in [0.5, 0.6) is 0 Å². The number of anilines is 1. The molecule has 0 bridgehead atoms. The van der Waals surface area contributed by atoms with E-state index in [4.69, 9.17) is 9.31 Å². The van der Waals surface area contributed by atoms with Crippen LogP contribution in [0.1, 0.15) is 34.6 Å². The first kappa shape index (κ1) is 15.1. The van der Waals surface area contributed by atoms with Crippen molar-refractivity contribution in [1.29, 1.82) is 0 Å². The summed E-state index contributed by atoms with van der Waals surface area (Å²) in [5.41, 5.74) is 1.56. The van der Waals surface area contributed by atoms with E-state index in [0.29, 0.717) is 5.69 Å². The number of carbonyl (C=O) groups excluding carboxylic acids is 1. The Morgan fingerprint density at radius 1 is 1.23 bits per heavy atom. The van der Waals surface area contributed by atoms with Crippen molar-refractivity contribution in [3.05, 3.63) is 18.3 Å². The first-order valence-corrected chi connectivity index (χ1v) is 7.30. The zero-order valence-corrected chi connectivity index (χ0v) is 13.5. The number of amides is 1. The Hall–Kier alpha value is -1.86. The lowest BCUT2D eigenvalue weighted by molar-refractivity contribution is -0.114. The highest BCUT2D eigenvalue weighted by molar-refractivity contribution is 6.65. The number of aromatic nitrogens is 2. The molecule has 1 aliphatic rings. The Labute approximate surface area is 129 Å². The number of carbonyl (C=O) groups is 1. The number of hydrogen-bond acceptors (Lipinski definition) is 4. The second-order valence-electron chi connectivity index (χ2n) is 6.63. The molecule has 6 nitrogen and oxygen atoms in total. The second kappa shape index (κ2) is 4.82. The molecule has 0 radical (unpaired) electrons. The molecule has 0 aliphatic carbocycles. The first-order valence-electron chi connectivity index (χ1n) is 7.30. The van der Waals surface area contributed by atoms with E-state index < -0.39 is 18.3 Å². The van der Waals surface area contributed by atoms with Crippen LogP contribution in [0.2, 0.25) is 0 Å². The monoisotopic (exact) mass is 301 g/mol. The molecule has 1 saturated heterocycles. The van der Waals surface area contributed by atoms with Crippen molar-refractivity contribution >= 4 is 35.1 Å². The van der Waals surface area contributed by atoms with E-state index in [-0.39, 0.29) is 5.91 Å². The fourth-order valence-electron chi connectivity index (χ4n) is 2.53. The molecule has 3 rings (SSSR count). The molecule has 1 aliphatic heterocycles. The minimum atomic E-state index is -0.462. The zero-order valence-electron chi connectivity index (χ0n) is 13.5. The molecule has 0 atom stereocenters. The van der Waals surface area contributed by atoms with Crippen molar-refractivity contribution in [3.8, 4) is 0 Å². The number of nitrogens with one attached hydrogen (secondary N) is 2. The number of aromatic amines is 1. The highest BCUT2D eigenvalue weighted by Gasteiger charge is 2.52. The van der Waals surface area contributed by atoms with Gasteiger partial charge in [0.25, 0.3) is 0 Å². The molecule has 0 saturated carbocycles. The highest BCUT2D eigenvalue weighted by atomic mass is 16.7. The van der Waals surface area contributed by atoms with E-state index in [1.54, 1.807) is 6.20 Å². The lowest BCUT2D eigenvalue weighted by Crippen LogP contribution is -2.41. The van der Waals surface area contributed by atoms with Gasteiger partial charge in [-0.15, -0.1) is 0 Å². The molecule has 2 N–H and O–H groups in total. The Bertz CT molecular complexity index is 723. The maximum absolute atomic E-state index is 11.3. The fraction of sp³-hybridized carbons (Fsp3) is 0.467. The molecule has 1 aromatic carbocycles. The van der Waals surface area contributed by atoms with Gasteiger partial charge in [-0.1, -0.05) is 6.07 Å². The van der Waals surface area contributed by atoms with Crippen molar-refractivity contribution in [2.75, 3.05) is 5.32 Å². The van der Waals surface area contributed by atoms with Gasteiger partial charge in [-0.3, -0.25) is 9.89 Å². The summed E-state index contributed by atoms with van der Waals surface area (Å²) in [5, 5.41) is 10.7. The van der Waals surface area contributed by atoms with Crippen LogP contribution in [-0.4, -0.2) is 34.4 Å². The summed E-state index contributed by atoms with van der Waals surface area (Å²) < 4.78 is 12.2. The maximum atomic E-state index is 11.3. The third-order valence-electron chi connectivity index (χ3n) is 4.47. The minimum absolute atomic E-state index is 0.126. The smallest absolute Gasteiger partial charge is 0.399 e. The molecule has 0 spiro atoms. The molecular formula is C15H20BN3O3. The second-order valence-corrected chi connectivity index (χ2v) is 6.63. The number of hydrogen-bond donors (Lipinski definition) is 2. The third-order valence-corrected chi connectivity index (χ3v) is 4.47. The molecule has 2 heterocycles. The minimum Gasteiger partial charge on any atom is -0.399 e. The van der Waals surface area contributed by atoms with E-state index in [0.717, 1.165) is 16.4 Å². The number of rotatable bonds is 2. The van der Waals surface area contributed by atoms with Crippen LogP contribution < -0.4 is 10.8 Å². The lowest BCUT2D eigenvalue weighted by atomic mass is 9.77. The normalized spacial score (nSPS) is 19.6. The molecule has 2 aromatic rings. The van der Waals surface area contributed by atoms with Gasteiger partial charge in [0, 0.05) is 12.3 Å². The number of benzene rings is 1. The fourth-order valence-corrected chi connectivity index (χ4v) is 2.53.